The molecule has 1 heterocycles. The van der Waals surface area contributed by atoms with Gasteiger partial charge in [-0.15, -0.1) is 0 Å². The summed E-state index contributed by atoms with van der Waals surface area (Å²) in [5.74, 6) is 0.172. The molecule has 0 atom stereocenters. The second kappa shape index (κ2) is 10.9. The number of rotatable bonds is 8. The zero-order valence-corrected chi connectivity index (χ0v) is 20.6. The first-order valence-electron chi connectivity index (χ1n) is 11.3. The van der Waals surface area contributed by atoms with E-state index in [9.17, 15) is 13.2 Å². The zero-order chi connectivity index (χ0) is 24.8. The molecule has 8 nitrogen and oxygen atoms in total. The zero-order valence-electron chi connectivity index (χ0n) is 19.8. The fourth-order valence-corrected chi connectivity index (χ4v) is 4.92. The first kappa shape index (κ1) is 24.7. The average molecular weight is 496 g/mol. The molecule has 1 aliphatic heterocycles. The summed E-state index contributed by atoms with van der Waals surface area (Å²) in [4.78, 5) is 15.2. The Bertz CT molecular complexity index is 1290. The van der Waals surface area contributed by atoms with Crippen LogP contribution < -0.4 is 14.8 Å². The van der Waals surface area contributed by atoms with E-state index in [1.54, 1.807) is 30.3 Å². The summed E-state index contributed by atoms with van der Waals surface area (Å²) in [5.41, 5.74) is 3.36. The third-order valence-electron chi connectivity index (χ3n) is 5.72. The Hall–Kier alpha value is -3.40. The number of nitrogens with zero attached hydrogens (tertiary/aromatic N) is 1. The van der Waals surface area contributed by atoms with E-state index in [-0.39, 0.29) is 10.8 Å². The van der Waals surface area contributed by atoms with Gasteiger partial charge in [0.15, 0.2) is 0 Å². The Labute approximate surface area is 205 Å². The van der Waals surface area contributed by atoms with E-state index in [1.807, 2.05) is 31.2 Å². The molecule has 35 heavy (non-hydrogen) atoms. The number of morpholine rings is 1. The molecule has 0 aliphatic carbocycles. The van der Waals surface area contributed by atoms with Crippen molar-refractivity contribution in [3.05, 3.63) is 83.4 Å². The van der Waals surface area contributed by atoms with Gasteiger partial charge >= 0.3 is 0 Å². The minimum Gasteiger partial charge on any atom is -0.495 e. The van der Waals surface area contributed by atoms with Crippen molar-refractivity contribution >= 4 is 27.3 Å². The van der Waals surface area contributed by atoms with Crippen LogP contribution in [-0.2, 0) is 21.3 Å². The SMILES string of the molecule is COc1ccc(C)cc1NS(=O)(=O)c1ccc(NC(=O)c2cccc(CN3CCOCC3)c2)cc1. The molecular weight excluding hydrogens is 466 g/mol. The summed E-state index contributed by atoms with van der Waals surface area (Å²) >= 11 is 0. The van der Waals surface area contributed by atoms with Gasteiger partial charge < -0.3 is 14.8 Å². The van der Waals surface area contributed by atoms with Gasteiger partial charge in [0, 0.05) is 30.9 Å². The lowest BCUT2D eigenvalue weighted by Crippen LogP contribution is -2.35. The molecule has 3 aromatic carbocycles. The highest BCUT2D eigenvalue weighted by Crippen LogP contribution is 2.28. The molecule has 0 bridgehead atoms. The highest BCUT2D eigenvalue weighted by Gasteiger charge is 2.17. The quantitative estimate of drug-likeness (QED) is 0.492. The molecule has 1 aliphatic rings. The Balaban J connectivity index is 1.42. The number of carbonyl (C=O) groups is 1. The summed E-state index contributed by atoms with van der Waals surface area (Å²) in [6.45, 7) is 5.82. The summed E-state index contributed by atoms with van der Waals surface area (Å²) in [7, 11) is -2.35. The van der Waals surface area contributed by atoms with Crippen LogP contribution in [0.15, 0.2) is 71.6 Å². The maximum atomic E-state index is 12.9. The van der Waals surface area contributed by atoms with Crippen LogP contribution in [0.2, 0.25) is 0 Å². The van der Waals surface area contributed by atoms with Crippen LogP contribution in [0.1, 0.15) is 21.5 Å². The number of benzene rings is 3. The van der Waals surface area contributed by atoms with E-state index in [2.05, 4.69) is 14.9 Å². The standard InChI is InChI=1S/C26H29N3O5S/c1-19-6-11-25(33-2)24(16-19)28-35(31,32)23-9-7-22(8-10-23)27-26(30)21-5-3-4-20(17-21)18-29-12-14-34-15-13-29/h3-11,16-17,28H,12-15,18H2,1-2H3,(H,27,30). The molecule has 0 spiro atoms. The van der Waals surface area contributed by atoms with Gasteiger partial charge in [0.25, 0.3) is 15.9 Å². The van der Waals surface area contributed by atoms with Crippen molar-refractivity contribution in [1.82, 2.24) is 4.90 Å². The van der Waals surface area contributed by atoms with Gasteiger partial charge in [0.1, 0.15) is 5.75 Å². The molecule has 0 aromatic heterocycles. The molecule has 0 unspecified atom stereocenters. The average Bonchev–Trinajstić information content (AvgIpc) is 2.85. The number of anilines is 2. The van der Waals surface area contributed by atoms with E-state index in [0.29, 0.717) is 22.7 Å². The van der Waals surface area contributed by atoms with Crippen molar-refractivity contribution in [3.8, 4) is 5.75 Å². The van der Waals surface area contributed by atoms with E-state index >= 15 is 0 Å². The van der Waals surface area contributed by atoms with E-state index < -0.39 is 10.0 Å². The van der Waals surface area contributed by atoms with Crippen LogP contribution >= 0.6 is 0 Å². The van der Waals surface area contributed by atoms with Gasteiger partial charge in [0.2, 0.25) is 0 Å². The Morgan fingerprint density at radius 3 is 2.49 bits per heavy atom. The number of methoxy groups -OCH3 is 1. The lowest BCUT2D eigenvalue weighted by atomic mass is 10.1. The minimum absolute atomic E-state index is 0.0755. The number of nitrogens with one attached hydrogen (secondary N) is 2. The molecular formula is C26H29N3O5S. The smallest absolute Gasteiger partial charge is 0.262 e. The van der Waals surface area contributed by atoms with Crippen molar-refractivity contribution in [2.24, 2.45) is 0 Å². The van der Waals surface area contributed by atoms with Crippen molar-refractivity contribution in [2.75, 3.05) is 43.5 Å². The van der Waals surface area contributed by atoms with E-state index in [0.717, 1.165) is 44.0 Å². The molecule has 1 amide bonds. The fraction of sp³-hybridized carbons (Fsp3) is 0.269. The molecule has 1 saturated heterocycles. The number of sulfonamides is 1. The second-order valence-corrected chi connectivity index (χ2v) is 10.1. The van der Waals surface area contributed by atoms with Crippen LogP contribution in [0.3, 0.4) is 0 Å². The highest BCUT2D eigenvalue weighted by atomic mass is 32.2. The summed E-state index contributed by atoms with van der Waals surface area (Å²) in [5, 5.41) is 2.84. The van der Waals surface area contributed by atoms with Crippen molar-refractivity contribution < 1.29 is 22.7 Å². The van der Waals surface area contributed by atoms with Crippen molar-refractivity contribution in [2.45, 2.75) is 18.4 Å². The van der Waals surface area contributed by atoms with Gasteiger partial charge in [-0.3, -0.25) is 14.4 Å². The molecule has 9 heteroatoms. The lowest BCUT2D eigenvalue weighted by molar-refractivity contribution is 0.0342. The third-order valence-corrected chi connectivity index (χ3v) is 7.10. The highest BCUT2D eigenvalue weighted by molar-refractivity contribution is 7.92. The monoisotopic (exact) mass is 495 g/mol. The normalized spacial score (nSPS) is 14.3. The maximum absolute atomic E-state index is 12.9. The van der Waals surface area contributed by atoms with Crippen LogP contribution in [0, 0.1) is 6.92 Å². The number of aryl methyl sites for hydroxylation is 1. The largest absolute Gasteiger partial charge is 0.495 e. The predicted octanol–water partition coefficient (Wildman–Crippen LogP) is 3.89. The first-order valence-corrected chi connectivity index (χ1v) is 12.8. The van der Waals surface area contributed by atoms with E-state index in [4.69, 9.17) is 9.47 Å². The van der Waals surface area contributed by atoms with E-state index in [1.165, 1.54) is 19.2 Å². The minimum atomic E-state index is -3.84. The number of hydrogen-bond acceptors (Lipinski definition) is 6. The number of hydrogen-bond donors (Lipinski definition) is 2. The molecule has 1 fully saturated rings. The molecule has 4 rings (SSSR count). The lowest BCUT2D eigenvalue weighted by Gasteiger charge is -2.26. The number of ether oxygens (including phenoxy) is 2. The fourth-order valence-electron chi connectivity index (χ4n) is 3.85. The topological polar surface area (TPSA) is 97.0 Å². The van der Waals surface area contributed by atoms with Gasteiger partial charge in [-0.1, -0.05) is 18.2 Å². The molecule has 184 valence electrons. The predicted molar refractivity (Wildman–Crippen MR) is 135 cm³/mol. The van der Waals surface area contributed by atoms with Crippen LogP contribution in [0.25, 0.3) is 0 Å². The summed E-state index contributed by atoms with van der Waals surface area (Å²) < 4.78 is 39.0. The van der Waals surface area contributed by atoms with Gasteiger partial charge in [0.05, 0.1) is 30.9 Å². The first-order chi connectivity index (χ1) is 16.8. The Kier molecular flexibility index (Phi) is 7.70. The van der Waals surface area contributed by atoms with Crippen molar-refractivity contribution in [1.29, 1.82) is 0 Å². The van der Waals surface area contributed by atoms with Crippen LogP contribution in [-0.4, -0.2) is 52.6 Å². The third kappa shape index (κ3) is 6.39. The Morgan fingerprint density at radius 2 is 1.77 bits per heavy atom. The number of carbonyl (C=O) groups excluding carboxylic acids is 1. The molecule has 2 N–H and O–H groups in total. The second-order valence-electron chi connectivity index (χ2n) is 8.38. The molecule has 3 aromatic rings. The van der Waals surface area contributed by atoms with Gasteiger partial charge in [-0.25, -0.2) is 8.42 Å². The van der Waals surface area contributed by atoms with Crippen molar-refractivity contribution in [3.63, 3.8) is 0 Å². The maximum Gasteiger partial charge on any atom is 0.262 e. The summed E-state index contributed by atoms with van der Waals surface area (Å²) in [6, 6.07) is 18.8. The number of amides is 1. The van der Waals surface area contributed by atoms with Gasteiger partial charge in [-0.2, -0.15) is 0 Å². The van der Waals surface area contributed by atoms with Gasteiger partial charge in [-0.05, 0) is 66.6 Å². The Morgan fingerprint density at radius 1 is 1.03 bits per heavy atom. The summed E-state index contributed by atoms with van der Waals surface area (Å²) in [6.07, 6.45) is 0. The molecule has 0 saturated carbocycles. The van der Waals surface area contributed by atoms with Crippen LogP contribution in [0.5, 0.6) is 5.75 Å². The molecule has 0 radical (unpaired) electrons. The van der Waals surface area contributed by atoms with Crippen LogP contribution in [0.4, 0.5) is 11.4 Å².